The second kappa shape index (κ2) is 46.7. The molecule has 0 N–H and O–H groups in total. The molecule has 0 fully saturated rings. The second-order valence-electron chi connectivity index (χ2n) is 39.0. The van der Waals surface area contributed by atoms with E-state index in [1.165, 1.54) is 103 Å². The van der Waals surface area contributed by atoms with Gasteiger partial charge in [0.05, 0.1) is 222 Å². The number of nitrogens with zero attached hydrogens (tertiary/aromatic N) is 8. The summed E-state index contributed by atoms with van der Waals surface area (Å²) in [6.07, 6.45) is 36.1. The number of benzene rings is 6. The van der Waals surface area contributed by atoms with Gasteiger partial charge in [0.15, 0.2) is 0 Å². The maximum absolute atomic E-state index is 6.32. The number of hydrogen-bond donors (Lipinski definition) is 0. The van der Waals surface area contributed by atoms with Crippen molar-refractivity contribution in [3.8, 4) is 46.0 Å². The Kier molecular flexibility index (Phi) is 39.6. The van der Waals surface area contributed by atoms with Crippen LogP contribution in [0.4, 0.5) is 0 Å². The third-order valence-corrected chi connectivity index (χ3v) is 17.8. The molecule has 0 unspecified atom stereocenters. The molecular weight excluding hydrogens is 1390 g/mol. The van der Waals surface area contributed by atoms with Gasteiger partial charge >= 0.3 is 0 Å². The first-order valence-corrected chi connectivity index (χ1v) is 41.4. The highest BCUT2D eigenvalue weighted by Crippen LogP contribution is 2.31. The minimum absolute atomic E-state index is 0.564. The first-order chi connectivity index (χ1) is 52.4. The average molecular weight is 1550 g/mol. The van der Waals surface area contributed by atoms with Crippen LogP contribution in [0, 0.1) is 0 Å². The lowest BCUT2D eigenvalue weighted by Gasteiger charge is -2.25. The van der Waals surface area contributed by atoms with Crippen molar-refractivity contribution in [1.82, 2.24) is 0 Å². The maximum Gasteiger partial charge on any atom is 0.223 e. The Labute approximate surface area is 682 Å². The number of rotatable bonds is 52. The van der Waals surface area contributed by atoms with Gasteiger partial charge in [0.2, 0.25) is 26.9 Å². The molecule has 0 saturated heterocycles. The highest BCUT2D eigenvalue weighted by Gasteiger charge is 2.17. The zero-order valence-electron chi connectivity index (χ0n) is 74.8. The van der Waals surface area contributed by atoms with Gasteiger partial charge in [-0.3, -0.25) is 17.9 Å². The van der Waals surface area contributed by atoms with Crippen LogP contribution < -0.4 is 37.9 Å². The van der Waals surface area contributed by atoms with Crippen molar-refractivity contribution < 1.29 is 73.8 Å². The fourth-order valence-corrected chi connectivity index (χ4v) is 11.6. The van der Waals surface area contributed by atoms with Crippen LogP contribution in [0.15, 0.2) is 121 Å². The molecule has 0 heterocycles. The predicted molar refractivity (Wildman–Crippen MR) is 476 cm³/mol. The Morgan fingerprint density at radius 3 is 0.482 bits per heavy atom. The molecule has 0 aliphatic rings. The van der Waals surface area contributed by atoms with Crippen molar-refractivity contribution in [3.05, 3.63) is 166 Å². The van der Waals surface area contributed by atoms with Crippen LogP contribution >= 0.6 is 0 Å². The van der Waals surface area contributed by atoms with Crippen LogP contribution in [0.1, 0.15) is 147 Å². The summed E-state index contributed by atoms with van der Waals surface area (Å²) in [4.78, 5) is 0. The summed E-state index contributed by atoms with van der Waals surface area (Å²) in [6, 6.07) is 42.0. The van der Waals surface area contributed by atoms with Gasteiger partial charge in [0.1, 0.15) is 46.0 Å². The van der Waals surface area contributed by atoms with Crippen LogP contribution in [0.3, 0.4) is 0 Å². The Hall–Kier alpha value is -7.64. The molecule has 16 heteroatoms. The molecule has 16 nitrogen and oxygen atoms in total. The fraction of sp³-hybridized carbons (Fsp3) is 0.542. The zero-order valence-corrected chi connectivity index (χ0v) is 74.8. The standard InChI is InChI=1S/C58H98N4O4.C38H58N4O4/c1-59(2,3)37-21-13-17-25-41-63-55-45-53(46-56(49-55)64-42-26-18-14-22-38-60(4,5)6)35-33-51-29-31-52(32-30-51)34-36-54-47-57(65-43-27-19-15-23-39-61(7,8)9)50-58(48-54)66-44-28-20-16-24-40-62(10,11)12;1-39(2,3)27-43-35-21-33(22-36(25-35)44-28-40(4,5)6)19-17-31-13-15-32(16-14-31)18-20-34-23-37(45-29-41(7,8)9)26-38(24-34)46-30-42(10,11)12/h29-36,45-50H,13-28,37-44H2,1-12H3;13-26H,27-30H2,1-12H3/q2*+4/b35-33+,36-34+;19-17+,20-18+. The lowest BCUT2D eigenvalue weighted by atomic mass is 10.1. The van der Waals surface area contributed by atoms with Crippen LogP contribution in [0.5, 0.6) is 46.0 Å². The summed E-state index contributed by atoms with van der Waals surface area (Å²) in [6.45, 7) is 9.99. The van der Waals surface area contributed by atoms with E-state index in [0.29, 0.717) is 44.9 Å². The van der Waals surface area contributed by atoms with Crippen LogP contribution in [-0.4, -0.2) is 285 Å². The van der Waals surface area contributed by atoms with Gasteiger partial charge in [-0.1, -0.05) is 97.1 Å². The van der Waals surface area contributed by atoms with Crippen molar-refractivity contribution in [2.45, 2.75) is 103 Å². The van der Waals surface area contributed by atoms with Crippen molar-refractivity contribution in [1.29, 1.82) is 0 Å². The molecule has 0 aliphatic heterocycles. The minimum atomic E-state index is 0.564. The van der Waals surface area contributed by atoms with E-state index < -0.39 is 0 Å². The van der Waals surface area contributed by atoms with Gasteiger partial charge in [-0.15, -0.1) is 0 Å². The van der Waals surface area contributed by atoms with Crippen LogP contribution in [0.25, 0.3) is 48.6 Å². The number of unbranched alkanes of at least 4 members (excludes halogenated alkanes) is 12. The summed E-state index contributed by atoms with van der Waals surface area (Å²) in [5, 5.41) is 0. The van der Waals surface area contributed by atoms with Crippen molar-refractivity contribution in [2.24, 2.45) is 0 Å². The molecule has 620 valence electrons. The van der Waals surface area contributed by atoms with Gasteiger partial charge in [-0.2, -0.15) is 0 Å². The molecule has 0 aromatic heterocycles. The van der Waals surface area contributed by atoms with Gasteiger partial charge < -0.3 is 55.8 Å². The average Bonchev–Trinajstić information content (AvgIpc) is 0.841. The Bertz CT molecular complexity index is 3360. The molecule has 0 saturated carbocycles. The summed E-state index contributed by atoms with van der Waals surface area (Å²) in [5.41, 5.74) is 8.71. The second-order valence-corrected chi connectivity index (χ2v) is 39.0. The Morgan fingerprint density at radius 2 is 0.321 bits per heavy atom. The first kappa shape index (κ1) is 95.0. The summed E-state index contributed by atoms with van der Waals surface area (Å²) >= 11 is 0. The van der Waals surface area contributed by atoms with Crippen molar-refractivity contribution >= 4 is 48.6 Å². The smallest absolute Gasteiger partial charge is 0.223 e. The number of hydrogen-bond acceptors (Lipinski definition) is 8. The van der Waals surface area contributed by atoms with Gasteiger partial charge in [-0.05, 0) is 196 Å². The van der Waals surface area contributed by atoms with Crippen LogP contribution in [-0.2, 0) is 0 Å². The quantitative estimate of drug-likeness (QED) is 0.0162. The molecule has 112 heavy (non-hydrogen) atoms. The zero-order chi connectivity index (χ0) is 82.5. The van der Waals surface area contributed by atoms with Crippen molar-refractivity contribution in [3.63, 3.8) is 0 Å². The molecular formula is C96H156N8O8+8. The molecule has 6 rings (SSSR count). The predicted octanol–water partition coefficient (Wildman–Crippen LogP) is 18.8. The molecule has 0 amide bonds. The maximum atomic E-state index is 6.32. The fourth-order valence-electron chi connectivity index (χ4n) is 11.6. The summed E-state index contributed by atoms with van der Waals surface area (Å²) < 4.78 is 56.7. The van der Waals surface area contributed by atoms with Crippen LogP contribution in [0.2, 0.25) is 0 Å². The van der Waals surface area contributed by atoms with Crippen molar-refractivity contribution in [2.75, 3.05) is 249 Å². The lowest BCUT2D eigenvalue weighted by molar-refractivity contribution is -0.886. The normalized spacial score (nSPS) is 12.8. The lowest BCUT2D eigenvalue weighted by Crippen LogP contribution is -2.38. The van der Waals surface area contributed by atoms with E-state index in [0.717, 1.165) is 161 Å². The highest BCUT2D eigenvalue weighted by molar-refractivity contribution is 5.76. The number of quaternary nitrogens is 8. The molecule has 0 bridgehead atoms. The van der Waals surface area contributed by atoms with E-state index in [2.05, 4.69) is 327 Å². The largest absolute Gasteiger partial charge is 0.493 e. The van der Waals surface area contributed by atoms with E-state index in [9.17, 15) is 0 Å². The summed E-state index contributed by atoms with van der Waals surface area (Å²) in [7, 11) is 52.5. The number of ether oxygens (including phenoxy) is 8. The third-order valence-electron chi connectivity index (χ3n) is 17.8. The highest BCUT2D eigenvalue weighted by atomic mass is 16.5. The molecule has 0 radical (unpaired) electrons. The van der Waals surface area contributed by atoms with E-state index in [-0.39, 0.29) is 0 Å². The monoisotopic (exact) mass is 1550 g/mol. The topological polar surface area (TPSA) is 73.8 Å². The van der Waals surface area contributed by atoms with E-state index in [1.54, 1.807) is 0 Å². The van der Waals surface area contributed by atoms with E-state index >= 15 is 0 Å². The van der Waals surface area contributed by atoms with Gasteiger partial charge in [0.25, 0.3) is 0 Å². The third kappa shape index (κ3) is 47.8. The SMILES string of the molecule is C[N+](C)(C)CCCCCCOc1cc(/C=C/c2ccc(/C=C/c3cc(OCCCCCC[N+](C)(C)C)cc(OCCCCCC[N+](C)(C)C)c3)cc2)cc(OCCCCCC[N+](C)(C)C)c1.C[N+](C)(C)COc1cc(/C=C/c2ccc(/C=C/c3cc(OC[N+](C)(C)C)cc(OC[N+](C)(C)C)c3)cc2)cc(OC[N+](C)(C)C)c1. The van der Waals surface area contributed by atoms with Gasteiger partial charge in [0, 0.05) is 24.3 Å². The molecule has 0 atom stereocenters. The van der Waals surface area contributed by atoms with E-state index in [4.69, 9.17) is 37.9 Å². The first-order valence-electron chi connectivity index (χ1n) is 41.4. The van der Waals surface area contributed by atoms with Gasteiger partial charge in [-0.25, -0.2) is 0 Å². The molecule has 0 aliphatic carbocycles. The van der Waals surface area contributed by atoms with E-state index in [1.807, 2.05) is 12.1 Å². The molecule has 6 aromatic carbocycles. The molecule has 0 spiro atoms. The Morgan fingerprint density at radius 1 is 0.170 bits per heavy atom. The Balaban J connectivity index is 0.000000426. The minimum Gasteiger partial charge on any atom is -0.493 e. The summed E-state index contributed by atoms with van der Waals surface area (Å²) in [5.74, 6) is 6.69. The molecule has 6 aromatic rings.